The molecule has 2 heterocycles. The molecule has 5 heteroatoms. The van der Waals surface area contributed by atoms with Crippen LogP contribution < -0.4 is 10.2 Å². The lowest BCUT2D eigenvalue weighted by Gasteiger charge is -2.28. The van der Waals surface area contributed by atoms with Crippen LogP contribution in [0.15, 0.2) is 54.6 Å². The third-order valence-electron chi connectivity index (χ3n) is 5.79. The second-order valence-corrected chi connectivity index (χ2v) is 7.83. The second kappa shape index (κ2) is 7.16. The molecule has 2 N–H and O–H groups in total. The number of fused-ring (bicyclic) bond motifs is 1. The molecule has 2 aromatic carbocycles. The zero-order valence-corrected chi connectivity index (χ0v) is 15.7. The van der Waals surface area contributed by atoms with Gasteiger partial charge in [0, 0.05) is 12.0 Å². The van der Waals surface area contributed by atoms with Gasteiger partial charge in [0.05, 0.1) is 6.54 Å². The molecular weight excluding hydrogens is 338 g/mol. The number of hydrogen-bond donors (Lipinski definition) is 2. The molecule has 0 aromatic heterocycles. The molecule has 27 heavy (non-hydrogen) atoms. The van der Waals surface area contributed by atoms with Crippen molar-refractivity contribution in [2.45, 2.75) is 38.3 Å². The van der Waals surface area contributed by atoms with E-state index in [1.807, 2.05) is 25.1 Å². The van der Waals surface area contributed by atoms with Crippen LogP contribution in [0.25, 0.3) is 0 Å². The molecule has 1 saturated heterocycles. The van der Waals surface area contributed by atoms with E-state index in [1.54, 1.807) is 0 Å². The highest BCUT2D eigenvalue weighted by Crippen LogP contribution is 2.23. The highest BCUT2D eigenvalue weighted by Gasteiger charge is 2.48. The summed E-state index contributed by atoms with van der Waals surface area (Å²) in [4.78, 5) is 28.2. The summed E-state index contributed by atoms with van der Waals surface area (Å²) in [6.45, 7) is 4.07. The van der Waals surface area contributed by atoms with E-state index in [-0.39, 0.29) is 11.9 Å². The summed E-state index contributed by atoms with van der Waals surface area (Å²) < 4.78 is 0. The minimum Gasteiger partial charge on any atom is -0.323 e. The smallest absolute Gasteiger partial charge is 0.323 e. The lowest BCUT2D eigenvalue weighted by atomic mass is 9.93. The van der Waals surface area contributed by atoms with Crippen LogP contribution in [0.5, 0.6) is 0 Å². The second-order valence-electron chi connectivity index (χ2n) is 7.83. The standard InChI is InChI=1S/C22H25N3O2/c1-22(13-11-17-7-3-2-4-8-17)20(26)25(21(27)23-22)16-24-14-12-18-9-5-6-10-19(18)15-24/h2-10H,11-16H2,1H3,(H,23,27)/p+1/t22-/m0/s1. The minimum atomic E-state index is -0.819. The van der Waals surface area contributed by atoms with Crippen LogP contribution in [-0.2, 0) is 24.2 Å². The summed E-state index contributed by atoms with van der Waals surface area (Å²) in [6, 6.07) is 18.2. The average Bonchev–Trinajstić information content (AvgIpc) is 2.91. The van der Waals surface area contributed by atoms with Gasteiger partial charge < -0.3 is 10.2 Å². The van der Waals surface area contributed by atoms with Gasteiger partial charge in [-0.25, -0.2) is 9.69 Å². The van der Waals surface area contributed by atoms with E-state index < -0.39 is 5.54 Å². The quantitative estimate of drug-likeness (QED) is 0.791. The first-order valence-corrected chi connectivity index (χ1v) is 9.63. The first-order chi connectivity index (χ1) is 13.0. The van der Waals surface area contributed by atoms with Crippen LogP contribution in [0.1, 0.15) is 30.0 Å². The van der Waals surface area contributed by atoms with Crippen LogP contribution in [0, 0.1) is 0 Å². The van der Waals surface area contributed by atoms with Crippen molar-refractivity contribution >= 4 is 11.9 Å². The minimum absolute atomic E-state index is 0.102. The number of carbonyl (C=O) groups is 2. The number of hydrogen-bond acceptors (Lipinski definition) is 2. The Hall–Kier alpha value is -2.66. The van der Waals surface area contributed by atoms with E-state index in [1.165, 1.54) is 26.5 Å². The summed E-state index contributed by atoms with van der Waals surface area (Å²) in [5, 5.41) is 2.93. The molecule has 4 rings (SSSR count). The van der Waals surface area contributed by atoms with Gasteiger partial charge in [0.25, 0.3) is 5.91 Å². The van der Waals surface area contributed by atoms with Gasteiger partial charge in [-0.2, -0.15) is 0 Å². The molecule has 0 radical (unpaired) electrons. The van der Waals surface area contributed by atoms with Gasteiger partial charge in [-0.3, -0.25) is 4.79 Å². The fourth-order valence-electron chi connectivity index (χ4n) is 4.10. The molecular formula is C22H26N3O2+. The van der Waals surface area contributed by atoms with Crippen molar-refractivity contribution in [3.63, 3.8) is 0 Å². The predicted molar refractivity (Wildman–Crippen MR) is 103 cm³/mol. The number of aryl methyl sites for hydroxylation is 1. The summed E-state index contributed by atoms with van der Waals surface area (Å²) in [5.41, 5.74) is 3.06. The Balaban J connectivity index is 1.41. The van der Waals surface area contributed by atoms with Crippen molar-refractivity contribution in [1.29, 1.82) is 0 Å². The summed E-state index contributed by atoms with van der Waals surface area (Å²) in [5.74, 6) is -0.102. The fourth-order valence-corrected chi connectivity index (χ4v) is 4.10. The van der Waals surface area contributed by atoms with Gasteiger partial charge in [-0.1, -0.05) is 54.6 Å². The molecule has 0 saturated carbocycles. The molecule has 0 aliphatic carbocycles. The fraction of sp³-hybridized carbons (Fsp3) is 0.364. The van der Waals surface area contributed by atoms with Gasteiger partial charge in [0.15, 0.2) is 6.67 Å². The summed E-state index contributed by atoms with van der Waals surface area (Å²) in [7, 11) is 0. The number of rotatable bonds is 5. The van der Waals surface area contributed by atoms with Crippen molar-refractivity contribution in [1.82, 2.24) is 10.2 Å². The van der Waals surface area contributed by atoms with E-state index in [4.69, 9.17) is 0 Å². The molecule has 2 aliphatic heterocycles. The van der Waals surface area contributed by atoms with Crippen molar-refractivity contribution < 1.29 is 14.5 Å². The number of nitrogens with one attached hydrogen (secondary N) is 2. The Labute approximate surface area is 160 Å². The zero-order valence-electron chi connectivity index (χ0n) is 15.7. The maximum absolute atomic E-state index is 13.0. The van der Waals surface area contributed by atoms with Gasteiger partial charge in [-0.05, 0) is 30.9 Å². The Morgan fingerprint density at radius 3 is 2.52 bits per heavy atom. The molecule has 2 aliphatic rings. The highest BCUT2D eigenvalue weighted by atomic mass is 16.2. The molecule has 2 atom stereocenters. The number of imide groups is 1. The maximum Gasteiger partial charge on any atom is 0.329 e. The summed E-state index contributed by atoms with van der Waals surface area (Å²) in [6.07, 6.45) is 2.36. The van der Waals surface area contributed by atoms with Gasteiger partial charge in [0.1, 0.15) is 12.1 Å². The lowest BCUT2D eigenvalue weighted by molar-refractivity contribution is -0.923. The van der Waals surface area contributed by atoms with Crippen molar-refractivity contribution in [3.05, 3.63) is 71.3 Å². The monoisotopic (exact) mass is 364 g/mol. The van der Waals surface area contributed by atoms with Crippen LogP contribution in [0.2, 0.25) is 0 Å². The van der Waals surface area contributed by atoms with E-state index in [9.17, 15) is 9.59 Å². The largest absolute Gasteiger partial charge is 0.329 e. The molecule has 140 valence electrons. The predicted octanol–water partition coefficient (Wildman–Crippen LogP) is 1.53. The SMILES string of the molecule is C[C@@]1(CCc2ccccc2)NC(=O)N(C[NH+]2CCc3ccccc3C2)C1=O. The van der Waals surface area contributed by atoms with Crippen LogP contribution >= 0.6 is 0 Å². The van der Waals surface area contributed by atoms with Crippen molar-refractivity contribution in [3.8, 4) is 0 Å². The average molecular weight is 364 g/mol. The normalized spacial score (nSPS) is 24.6. The molecule has 0 bridgehead atoms. The number of carbonyl (C=O) groups excluding carboxylic acids is 2. The number of quaternary nitrogens is 1. The molecule has 1 fully saturated rings. The van der Waals surface area contributed by atoms with E-state index in [0.717, 1.165) is 25.9 Å². The number of amides is 3. The Morgan fingerprint density at radius 2 is 1.74 bits per heavy atom. The summed E-state index contributed by atoms with van der Waals surface area (Å²) >= 11 is 0. The Morgan fingerprint density at radius 1 is 1.04 bits per heavy atom. The van der Waals surface area contributed by atoms with Gasteiger partial charge in [0.2, 0.25) is 0 Å². The maximum atomic E-state index is 13.0. The third kappa shape index (κ3) is 3.60. The van der Waals surface area contributed by atoms with E-state index in [2.05, 4.69) is 41.7 Å². The van der Waals surface area contributed by atoms with Crippen molar-refractivity contribution in [2.24, 2.45) is 0 Å². The Bertz CT molecular complexity index is 852. The van der Waals surface area contributed by atoms with Gasteiger partial charge >= 0.3 is 6.03 Å². The molecule has 3 amide bonds. The van der Waals surface area contributed by atoms with Crippen LogP contribution in [-0.4, -0.2) is 35.6 Å². The Kier molecular flexibility index (Phi) is 4.70. The first-order valence-electron chi connectivity index (χ1n) is 9.63. The number of benzene rings is 2. The topological polar surface area (TPSA) is 53.9 Å². The molecule has 2 aromatic rings. The zero-order chi connectivity index (χ0) is 18.9. The van der Waals surface area contributed by atoms with Gasteiger partial charge in [-0.15, -0.1) is 0 Å². The first kappa shape index (κ1) is 17.7. The number of urea groups is 1. The highest BCUT2D eigenvalue weighted by molar-refractivity contribution is 6.06. The van der Waals surface area contributed by atoms with E-state index in [0.29, 0.717) is 13.1 Å². The van der Waals surface area contributed by atoms with Crippen molar-refractivity contribution in [2.75, 3.05) is 13.2 Å². The third-order valence-corrected chi connectivity index (χ3v) is 5.79. The van der Waals surface area contributed by atoms with E-state index >= 15 is 0 Å². The van der Waals surface area contributed by atoms with Crippen LogP contribution in [0.3, 0.4) is 0 Å². The molecule has 5 nitrogen and oxygen atoms in total. The molecule has 0 spiro atoms. The lowest BCUT2D eigenvalue weighted by Crippen LogP contribution is -3.13. The number of nitrogens with zero attached hydrogens (tertiary/aromatic N) is 1. The van der Waals surface area contributed by atoms with Crippen LogP contribution in [0.4, 0.5) is 4.79 Å². The molecule has 1 unspecified atom stereocenters.